The van der Waals surface area contributed by atoms with Gasteiger partial charge in [-0.25, -0.2) is 0 Å². The Morgan fingerprint density at radius 3 is 2.26 bits per heavy atom. The minimum absolute atomic E-state index is 0.142. The number of halogens is 3. The second kappa shape index (κ2) is 8.79. The highest BCUT2D eigenvalue weighted by molar-refractivity contribution is 5.95. The SMILES string of the molecule is CCC(C)(C)NC(=O)c1ccc(NCc2nc(-c3ccc(C(F)(F)F)cc3)no2)cc1. The number of aromatic nitrogens is 2. The van der Waals surface area contributed by atoms with Gasteiger partial charge >= 0.3 is 6.18 Å². The van der Waals surface area contributed by atoms with Crippen LogP contribution in [0.15, 0.2) is 53.1 Å². The molecule has 6 nitrogen and oxygen atoms in total. The molecule has 31 heavy (non-hydrogen) atoms. The summed E-state index contributed by atoms with van der Waals surface area (Å²) in [4.78, 5) is 16.5. The summed E-state index contributed by atoms with van der Waals surface area (Å²) in [6, 6.07) is 11.5. The Hall–Kier alpha value is -3.36. The number of benzene rings is 2. The first-order valence-corrected chi connectivity index (χ1v) is 9.74. The predicted octanol–water partition coefficient (Wildman–Crippen LogP) is 5.29. The van der Waals surface area contributed by atoms with Gasteiger partial charge in [-0.3, -0.25) is 4.79 Å². The van der Waals surface area contributed by atoms with E-state index in [1.165, 1.54) is 12.1 Å². The molecule has 0 aliphatic rings. The summed E-state index contributed by atoms with van der Waals surface area (Å²) in [6.07, 6.45) is -3.58. The molecule has 0 saturated heterocycles. The number of nitrogens with one attached hydrogen (secondary N) is 2. The lowest BCUT2D eigenvalue weighted by Crippen LogP contribution is -2.42. The molecule has 0 spiro atoms. The van der Waals surface area contributed by atoms with Crippen molar-refractivity contribution in [2.75, 3.05) is 5.32 Å². The Bertz CT molecular complexity index is 1030. The third kappa shape index (κ3) is 5.84. The molecule has 9 heteroatoms. The Kier molecular flexibility index (Phi) is 6.33. The monoisotopic (exact) mass is 432 g/mol. The second-order valence-electron chi connectivity index (χ2n) is 7.71. The quantitative estimate of drug-likeness (QED) is 0.531. The molecule has 2 N–H and O–H groups in total. The van der Waals surface area contributed by atoms with Gasteiger partial charge in [0.25, 0.3) is 5.91 Å². The van der Waals surface area contributed by atoms with Gasteiger partial charge in [-0.1, -0.05) is 24.2 Å². The van der Waals surface area contributed by atoms with Gasteiger partial charge in [-0.2, -0.15) is 18.2 Å². The van der Waals surface area contributed by atoms with Crippen molar-refractivity contribution in [1.82, 2.24) is 15.5 Å². The third-order valence-corrected chi connectivity index (χ3v) is 4.87. The topological polar surface area (TPSA) is 80.0 Å². The molecule has 0 bridgehead atoms. The first-order chi connectivity index (χ1) is 14.6. The fraction of sp³-hybridized carbons (Fsp3) is 0.318. The van der Waals surface area contributed by atoms with E-state index in [1.54, 1.807) is 24.3 Å². The molecular formula is C22H23F3N4O2. The molecule has 1 heterocycles. The van der Waals surface area contributed by atoms with Crippen LogP contribution < -0.4 is 10.6 Å². The van der Waals surface area contributed by atoms with E-state index in [4.69, 9.17) is 4.52 Å². The van der Waals surface area contributed by atoms with Crippen LogP contribution >= 0.6 is 0 Å². The van der Waals surface area contributed by atoms with Gasteiger partial charge < -0.3 is 15.2 Å². The summed E-state index contributed by atoms with van der Waals surface area (Å²) in [7, 11) is 0. The van der Waals surface area contributed by atoms with Crippen LogP contribution in [0, 0.1) is 0 Å². The number of amides is 1. The molecule has 0 radical (unpaired) electrons. The molecule has 0 unspecified atom stereocenters. The van der Waals surface area contributed by atoms with Crippen LogP contribution in [0.25, 0.3) is 11.4 Å². The van der Waals surface area contributed by atoms with Gasteiger partial charge in [-0.05, 0) is 56.7 Å². The Morgan fingerprint density at radius 2 is 1.68 bits per heavy atom. The number of anilines is 1. The van der Waals surface area contributed by atoms with Gasteiger partial charge in [0.15, 0.2) is 0 Å². The lowest BCUT2D eigenvalue weighted by atomic mass is 10.0. The van der Waals surface area contributed by atoms with Crippen molar-refractivity contribution in [3.63, 3.8) is 0 Å². The van der Waals surface area contributed by atoms with Gasteiger partial charge in [0.1, 0.15) is 0 Å². The van der Waals surface area contributed by atoms with Crippen molar-refractivity contribution in [3.05, 3.63) is 65.5 Å². The molecule has 164 valence electrons. The molecule has 1 amide bonds. The van der Waals surface area contributed by atoms with E-state index in [0.717, 1.165) is 24.2 Å². The van der Waals surface area contributed by atoms with E-state index in [2.05, 4.69) is 20.8 Å². The van der Waals surface area contributed by atoms with Gasteiger partial charge in [0, 0.05) is 22.4 Å². The maximum Gasteiger partial charge on any atom is 0.416 e. The van der Waals surface area contributed by atoms with Gasteiger partial charge in [0.05, 0.1) is 12.1 Å². The average Bonchev–Trinajstić information content (AvgIpc) is 3.21. The van der Waals surface area contributed by atoms with Gasteiger partial charge in [-0.15, -0.1) is 0 Å². The molecule has 1 aromatic heterocycles. The van der Waals surface area contributed by atoms with E-state index in [9.17, 15) is 18.0 Å². The highest BCUT2D eigenvalue weighted by Crippen LogP contribution is 2.30. The first kappa shape index (κ1) is 22.3. The minimum Gasteiger partial charge on any atom is -0.376 e. The number of rotatable bonds is 7. The summed E-state index contributed by atoms with van der Waals surface area (Å²) < 4.78 is 43.2. The number of hydrogen-bond acceptors (Lipinski definition) is 5. The van der Waals surface area contributed by atoms with Crippen LogP contribution in [-0.4, -0.2) is 21.6 Å². The molecule has 2 aromatic carbocycles. The maximum atomic E-state index is 12.7. The van der Waals surface area contributed by atoms with Crippen LogP contribution in [0.3, 0.4) is 0 Å². The smallest absolute Gasteiger partial charge is 0.376 e. The van der Waals surface area contributed by atoms with Crippen molar-refractivity contribution < 1.29 is 22.5 Å². The van der Waals surface area contributed by atoms with Crippen molar-refractivity contribution in [2.24, 2.45) is 0 Å². The minimum atomic E-state index is -4.40. The molecular weight excluding hydrogens is 409 g/mol. The Balaban J connectivity index is 1.59. The lowest BCUT2D eigenvalue weighted by Gasteiger charge is -2.24. The number of hydrogen-bond donors (Lipinski definition) is 2. The van der Waals surface area contributed by atoms with E-state index in [-0.39, 0.29) is 29.7 Å². The number of alkyl halides is 3. The van der Waals surface area contributed by atoms with Crippen molar-refractivity contribution in [1.29, 1.82) is 0 Å². The Labute approximate surface area is 177 Å². The fourth-order valence-corrected chi connectivity index (χ4v) is 2.64. The molecule has 3 rings (SSSR count). The molecule has 0 fully saturated rings. The largest absolute Gasteiger partial charge is 0.416 e. The van der Waals surface area contributed by atoms with Crippen LogP contribution in [0.5, 0.6) is 0 Å². The summed E-state index contributed by atoms with van der Waals surface area (Å²) in [5, 5.41) is 9.89. The van der Waals surface area contributed by atoms with Crippen LogP contribution in [0.2, 0.25) is 0 Å². The van der Waals surface area contributed by atoms with E-state index >= 15 is 0 Å². The molecule has 0 saturated carbocycles. The first-order valence-electron chi connectivity index (χ1n) is 9.74. The van der Waals surface area contributed by atoms with Gasteiger partial charge in [0.2, 0.25) is 11.7 Å². The molecule has 0 atom stereocenters. The molecule has 3 aromatic rings. The second-order valence-corrected chi connectivity index (χ2v) is 7.71. The van der Waals surface area contributed by atoms with Crippen LogP contribution in [-0.2, 0) is 12.7 Å². The highest BCUT2D eigenvalue weighted by Gasteiger charge is 2.30. The summed E-state index contributed by atoms with van der Waals surface area (Å²) in [5.74, 6) is 0.342. The summed E-state index contributed by atoms with van der Waals surface area (Å²) in [5.41, 5.74) is 0.705. The fourth-order valence-electron chi connectivity index (χ4n) is 2.64. The predicted molar refractivity (Wildman–Crippen MR) is 110 cm³/mol. The third-order valence-electron chi connectivity index (χ3n) is 4.87. The standard InChI is InChI=1S/C22H23F3N4O2/c1-4-21(2,3)28-20(30)15-7-11-17(12-8-15)26-13-18-27-19(29-31-18)14-5-9-16(10-6-14)22(23,24)25/h5-12,26H,4,13H2,1-3H3,(H,28,30). The zero-order valence-corrected chi connectivity index (χ0v) is 17.4. The zero-order chi connectivity index (χ0) is 22.6. The van der Waals surface area contributed by atoms with Crippen molar-refractivity contribution >= 4 is 11.6 Å². The van der Waals surface area contributed by atoms with Crippen molar-refractivity contribution in [3.8, 4) is 11.4 Å². The molecule has 0 aliphatic heterocycles. The maximum absolute atomic E-state index is 12.7. The highest BCUT2D eigenvalue weighted by atomic mass is 19.4. The summed E-state index contributed by atoms with van der Waals surface area (Å²) >= 11 is 0. The van der Waals surface area contributed by atoms with E-state index < -0.39 is 11.7 Å². The molecule has 0 aliphatic carbocycles. The Morgan fingerprint density at radius 1 is 1.03 bits per heavy atom. The summed E-state index contributed by atoms with van der Waals surface area (Å²) in [6.45, 7) is 6.16. The normalized spacial score (nSPS) is 11.9. The number of nitrogens with zero attached hydrogens (tertiary/aromatic N) is 2. The number of carbonyl (C=O) groups is 1. The van der Waals surface area contributed by atoms with Crippen molar-refractivity contribution in [2.45, 2.75) is 45.5 Å². The lowest BCUT2D eigenvalue weighted by molar-refractivity contribution is -0.137. The van der Waals surface area contributed by atoms with E-state index in [0.29, 0.717) is 11.1 Å². The average molecular weight is 432 g/mol. The van der Waals surface area contributed by atoms with Crippen LogP contribution in [0.1, 0.15) is 49.0 Å². The number of carbonyl (C=O) groups excluding carboxylic acids is 1. The zero-order valence-electron chi connectivity index (χ0n) is 17.4. The van der Waals surface area contributed by atoms with E-state index in [1.807, 2.05) is 20.8 Å². The van der Waals surface area contributed by atoms with Crippen LogP contribution in [0.4, 0.5) is 18.9 Å².